The van der Waals surface area contributed by atoms with E-state index in [1.807, 2.05) is 0 Å². The zero-order chi connectivity index (χ0) is 13.4. The highest BCUT2D eigenvalue weighted by molar-refractivity contribution is 5.67. The molecule has 1 aliphatic carbocycles. The Bertz CT molecular complexity index is 660. The average molecular weight is 260 g/mol. The first-order valence-corrected chi connectivity index (χ1v) is 6.24. The molecule has 0 bridgehead atoms. The Kier molecular flexibility index (Phi) is 2.81. The van der Waals surface area contributed by atoms with Crippen molar-refractivity contribution in [1.29, 1.82) is 0 Å². The topological polar surface area (TPSA) is 66.0 Å². The number of benzene rings is 1. The number of rotatable bonds is 2. The zero-order valence-electron chi connectivity index (χ0n) is 10.2. The van der Waals surface area contributed by atoms with E-state index in [1.54, 1.807) is 0 Å². The Balaban J connectivity index is 2.06. The second-order valence-corrected chi connectivity index (χ2v) is 4.78. The van der Waals surface area contributed by atoms with Crippen molar-refractivity contribution in [2.24, 2.45) is 0 Å². The van der Waals surface area contributed by atoms with Gasteiger partial charge in [0.2, 0.25) is 5.88 Å². The fourth-order valence-electron chi connectivity index (χ4n) is 2.23. The molecule has 2 N–H and O–H groups in total. The highest BCUT2D eigenvalue weighted by Gasteiger charge is 2.24. The summed E-state index contributed by atoms with van der Waals surface area (Å²) < 4.78 is 12.9. The predicted octanol–water partition coefficient (Wildman–Crippen LogP) is 2.55. The summed E-state index contributed by atoms with van der Waals surface area (Å²) in [5.74, 6) is 0.0939. The van der Waals surface area contributed by atoms with Gasteiger partial charge in [-0.25, -0.2) is 4.39 Å². The van der Waals surface area contributed by atoms with Crippen LogP contribution in [0.25, 0.3) is 11.1 Å². The number of hydrogen-bond acceptors (Lipinski definition) is 3. The van der Waals surface area contributed by atoms with Crippen LogP contribution in [0.4, 0.5) is 4.39 Å². The lowest BCUT2D eigenvalue weighted by atomic mass is 9.85. The third kappa shape index (κ3) is 2.12. The second kappa shape index (κ2) is 4.50. The SMILES string of the molecule is O=c1[nH]c(C2CCC2)nc(O)c1-c1ccc(F)cc1. The molecule has 1 aliphatic rings. The number of aromatic nitrogens is 2. The molecular weight excluding hydrogens is 247 g/mol. The van der Waals surface area contributed by atoms with E-state index in [2.05, 4.69) is 9.97 Å². The lowest BCUT2D eigenvalue weighted by molar-refractivity contribution is 0.387. The van der Waals surface area contributed by atoms with E-state index in [-0.39, 0.29) is 22.9 Å². The van der Waals surface area contributed by atoms with Crippen LogP contribution in [0.5, 0.6) is 5.88 Å². The average Bonchev–Trinajstić information content (AvgIpc) is 2.28. The molecular formula is C14H13FN2O2. The van der Waals surface area contributed by atoms with Crippen LogP contribution in [0.1, 0.15) is 31.0 Å². The van der Waals surface area contributed by atoms with Crippen LogP contribution in [-0.2, 0) is 0 Å². The standard InChI is InChI=1S/C14H13FN2O2/c15-10-6-4-8(5-7-10)11-13(18)16-12(17-14(11)19)9-2-1-3-9/h4-7,9H,1-3H2,(H2,16,17,18,19). The molecule has 1 heterocycles. The first-order chi connectivity index (χ1) is 9.15. The number of hydrogen-bond donors (Lipinski definition) is 2. The van der Waals surface area contributed by atoms with Crippen LogP contribution in [0.3, 0.4) is 0 Å². The van der Waals surface area contributed by atoms with E-state index in [0.29, 0.717) is 11.4 Å². The molecule has 2 aromatic rings. The van der Waals surface area contributed by atoms with Gasteiger partial charge in [-0.2, -0.15) is 4.98 Å². The maximum atomic E-state index is 12.9. The van der Waals surface area contributed by atoms with E-state index in [4.69, 9.17) is 0 Å². The third-order valence-corrected chi connectivity index (χ3v) is 3.54. The molecule has 0 amide bonds. The third-order valence-electron chi connectivity index (χ3n) is 3.54. The Morgan fingerprint density at radius 2 is 1.95 bits per heavy atom. The van der Waals surface area contributed by atoms with E-state index < -0.39 is 5.82 Å². The van der Waals surface area contributed by atoms with Crippen molar-refractivity contribution in [3.8, 4) is 17.0 Å². The van der Waals surface area contributed by atoms with Crippen LogP contribution < -0.4 is 5.56 Å². The maximum Gasteiger partial charge on any atom is 0.262 e. The number of aromatic hydroxyl groups is 1. The van der Waals surface area contributed by atoms with E-state index >= 15 is 0 Å². The van der Waals surface area contributed by atoms with Crippen LogP contribution in [-0.4, -0.2) is 15.1 Å². The summed E-state index contributed by atoms with van der Waals surface area (Å²) in [6.07, 6.45) is 3.09. The number of halogens is 1. The van der Waals surface area contributed by atoms with Gasteiger partial charge in [0.1, 0.15) is 17.2 Å². The van der Waals surface area contributed by atoms with Crippen molar-refractivity contribution in [2.45, 2.75) is 25.2 Å². The fraction of sp³-hybridized carbons (Fsp3) is 0.286. The predicted molar refractivity (Wildman–Crippen MR) is 68.5 cm³/mol. The molecule has 0 atom stereocenters. The molecule has 1 aromatic carbocycles. The van der Waals surface area contributed by atoms with Crippen LogP contribution in [0, 0.1) is 5.82 Å². The normalized spacial score (nSPS) is 15.2. The van der Waals surface area contributed by atoms with Gasteiger partial charge < -0.3 is 10.1 Å². The first-order valence-electron chi connectivity index (χ1n) is 6.24. The van der Waals surface area contributed by atoms with E-state index in [1.165, 1.54) is 24.3 Å². The number of nitrogens with zero attached hydrogens (tertiary/aromatic N) is 1. The molecule has 1 fully saturated rings. The summed E-state index contributed by atoms with van der Waals surface area (Å²) in [5, 5.41) is 9.94. The van der Waals surface area contributed by atoms with Gasteiger partial charge in [-0.1, -0.05) is 18.6 Å². The first kappa shape index (κ1) is 11.9. The van der Waals surface area contributed by atoms with Crippen molar-refractivity contribution in [2.75, 3.05) is 0 Å². The Hall–Kier alpha value is -2.17. The van der Waals surface area contributed by atoms with E-state index in [9.17, 15) is 14.3 Å². The summed E-state index contributed by atoms with van der Waals surface area (Å²) in [7, 11) is 0. The molecule has 98 valence electrons. The Morgan fingerprint density at radius 1 is 1.26 bits per heavy atom. The highest BCUT2D eigenvalue weighted by Crippen LogP contribution is 2.35. The highest BCUT2D eigenvalue weighted by atomic mass is 19.1. The molecule has 5 heteroatoms. The van der Waals surface area contributed by atoms with Gasteiger partial charge in [0.05, 0.1) is 0 Å². The summed E-state index contributed by atoms with van der Waals surface area (Å²) in [5.41, 5.74) is 0.150. The van der Waals surface area contributed by atoms with Crippen molar-refractivity contribution in [3.63, 3.8) is 0 Å². The van der Waals surface area contributed by atoms with Gasteiger partial charge in [-0.3, -0.25) is 4.79 Å². The Labute approximate surface area is 109 Å². The van der Waals surface area contributed by atoms with Crippen LogP contribution in [0.15, 0.2) is 29.1 Å². The molecule has 0 spiro atoms. The smallest absolute Gasteiger partial charge is 0.262 e. The molecule has 19 heavy (non-hydrogen) atoms. The lowest BCUT2D eigenvalue weighted by Gasteiger charge is -2.24. The molecule has 4 nitrogen and oxygen atoms in total. The van der Waals surface area contributed by atoms with Crippen LogP contribution >= 0.6 is 0 Å². The lowest BCUT2D eigenvalue weighted by Crippen LogP contribution is -2.20. The fourth-order valence-corrected chi connectivity index (χ4v) is 2.23. The number of aromatic amines is 1. The molecule has 3 rings (SSSR count). The minimum Gasteiger partial charge on any atom is -0.493 e. The number of nitrogens with one attached hydrogen (secondary N) is 1. The molecule has 1 aromatic heterocycles. The van der Waals surface area contributed by atoms with Gasteiger partial charge in [0.25, 0.3) is 5.56 Å². The quantitative estimate of drug-likeness (QED) is 0.872. The molecule has 0 aliphatic heterocycles. The molecule has 0 saturated heterocycles. The van der Waals surface area contributed by atoms with Crippen molar-refractivity contribution < 1.29 is 9.50 Å². The zero-order valence-corrected chi connectivity index (χ0v) is 10.2. The van der Waals surface area contributed by atoms with Crippen LogP contribution in [0.2, 0.25) is 0 Å². The van der Waals surface area contributed by atoms with Gasteiger partial charge in [-0.05, 0) is 30.5 Å². The molecule has 0 radical (unpaired) electrons. The summed E-state index contributed by atoms with van der Waals surface area (Å²) in [4.78, 5) is 18.8. The van der Waals surface area contributed by atoms with Gasteiger partial charge >= 0.3 is 0 Å². The molecule has 0 unspecified atom stereocenters. The monoisotopic (exact) mass is 260 g/mol. The largest absolute Gasteiger partial charge is 0.493 e. The Morgan fingerprint density at radius 3 is 2.47 bits per heavy atom. The van der Waals surface area contributed by atoms with Crippen molar-refractivity contribution in [3.05, 3.63) is 46.3 Å². The summed E-state index contributed by atoms with van der Waals surface area (Å²) >= 11 is 0. The second-order valence-electron chi connectivity index (χ2n) is 4.78. The van der Waals surface area contributed by atoms with Gasteiger partial charge in [0, 0.05) is 5.92 Å². The summed E-state index contributed by atoms with van der Waals surface area (Å²) in [6, 6.07) is 5.39. The summed E-state index contributed by atoms with van der Waals surface area (Å²) in [6.45, 7) is 0. The number of H-pyrrole nitrogens is 1. The molecule has 1 saturated carbocycles. The van der Waals surface area contributed by atoms with Crippen molar-refractivity contribution in [1.82, 2.24) is 9.97 Å². The van der Waals surface area contributed by atoms with Gasteiger partial charge in [0.15, 0.2) is 0 Å². The minimum absolute atomic E-state index is 0.0862. The van der Waals surface area contributed by atoms with Crippen molar-refractivity contribution >= 4 is 0 Å². The minimum atomic E-state index is -0.390. The van der Waals surface area contributed by atoms with Gasteiger partial charge in [-0.15, -0.1) is 0 Å². The van der Waals surface area contributed by atoms with E-state index in [0.717, 1.165) is 19.3 Å². The maximum absolute atomic E-state index is 12.9.